The van der Waals surface area contributed by atoms with Crippen molar-refractivity contribution in [3.05, 3.63) is 69.9 Å². The minimum Gasteiger partial charge on any atom is -0.374 e. The molecule has 1 aromatic carbocycles. The van der Waals surface area contributed by atoms with Crippen LogP contribution in [0.5, 0.6) is 0 Å². The van der Waals surface area contributed by atoms with Gasteiger partial charge in [0.05, 0.1) is 11.4 Å². The third-order valence-electron chi connectivity index (χ3n) is 4.95. The van der Waals surface area contributed by atoms with E-state index >= 15 is 0 Å². The molecular weight excluding hydrogens is 454 g/mol. The molecule has 1 heterocycles. The highest BCUT2D eigenvalue weighted by Gasteiger charge is 2.62. The van der Waals surface area contributed by atoms with E-state index in [1.807, 2.05) is 0 Å². The highest BCUT2D eigenvalue weighted by Crippen LogP contribution is 2.49. The van der Waals surface area contributed by atoms with E-state index < -0.39 is 18.2 Å². The predicted molar refractivity (Wildman–Crippen MR) is 116 cm³/mol. The Balaban J connectivity index is 2.46. The molecule has 31 heavy (non-hydrogen) atoms. The van der Waals surface area contributed by atoms with Crippen LogP contribution in [0.1, 0.15) is 25.8 Å². The number of allylic oxidation sites excluding steroid dienone is 4. The van der Waals surface area contributed by atoms with E-state index in [-0.39, 0.29) is 27.2 Å². The molecule has 1 aliphatic rings. The molecular formula is C21H22Cl2F3N3O2. The van der Waals surface area contributed by atoms with Crippen LogP contribution in [-0.2, 0) is 15.2 Å². The Labute approximate surface area is 189 Å². The first-order chi connectivity index (χ1) is 14.4. The van der Waals surface area contributed by atoms with Crippen LogP contribution in [-0.4, -0.2) is 41.9 Å². The highest BCUT2D eigenvalue weighted by molar-refractivity contribution is 6.34. The van der Waals surface area contributed by atoms with Crippen LogP contribution >= 0.6 is 23.2 Å². The van der Waals surface area contributed by atoms with Crippen LogP contribution in [0.4, 0.5) is 13.2 Å². The zero-order valence-electron chi connectivity index (χ0n) is 17.4. The monoisotopic (exact) mass is 475 g/mol. The first-order valence-electron chi connectivity index (χ1n) is 9.13. The van der Waals surface area contributed by atoms with Gasteiger partial charge in [0, 0.05) is 48.6 Å². The zero-order valence-corrected chi connectivity index (χ0v) is 18.9. The zero-order chi connectivity index (χ0) is 23.6. The summed E-state index contributed by atoms with van der Waals surface area (Å²) in [6.45, 7) is 6.82. The number of halogens is 5. The molecule has 168 valence electrons. The van der Waals surface area contributed by atoms with Crippen molar-refractivity contribution in [3.8, 4) is 0 Å². The Morgan fingerprint density at radius 2 is 1.81 bits per heavy atom. The van der Waals surface area contributed by atoms with E-state index in [0.29, 0.717) is 11.3 Å². The third kappa shape index (κ3) is 5.07. The smallest absolute Gasteiger partial charge is 0.374 e. The molecule has 5 nitrogen and oxygen atoms in total. The van der Waals surface area contributed by atoms with Crippen molar-refractivity contribution in [2.75, 3.05) is 14.1 Å². The lowest BCUT2D eigenvalue weighted by atomic mass is 9.86. The molecule has 1 unspecified atom stereocenters. The van der Waals surface area contributed by atoms with Crippen LogP contribution in [0.3, 0.4) is 0 Å². The van der Waals surface area contributed by atoms with Gasteiger partial charge in [0.25, 0.3) is 5.60 Å². The summed E-state index contributed by atoms with van der Waals surface area (Å²) in [5, 5.41) is 6.74. The lowest BCUT2D eigenvalue weighted by Gasteiger charge is -2.30. The number of amides is 1. The molecule has 0 aliphatic carbocycles. The number of hydrazine groups is 1. The number of carbonyl (C=O) groups is 1. The van der Waals surface area contributed by atoms with Gasteiger partial charge >= 0.3 is 6.18 Å². The first-order valence-corrected chi connectivity index (χ1v) is 9.89. The average molecular weight is 476 g/mol. The largest absolute Gasteiger partial charge is 0.435 e. The first kappa shape index (κ1) is 24.8. The number of alkyl halides is 3. The van der Waals surface area contributed by atoms with Crippen molar-refractivity contribution in [1.29, 1.82) is 0 Å². The summed E-state index contributed by atoms with van der Waals surface area (Å²) in [6.07, 6.45) is -0.744. The van der Waals surface area contributed by atoms with Gasteiger partial charge in [-0.25, -0.2) is 0 Å². The molecule has 0 aromatic heterocycles. The van der Waals surface area contributed by atoms with Gasteiger partial charge in [-0.1, -0.05) is 47.1 Å². The van der Waals surface area contributed by atoms with Gasteiger partial charge in [-0.05, 0) is 31.2 Å². The molecule has 0 spiro atoms. The summed E-state index contributed by atoms with van der Waals surface area (Å²) in [5.41, 5.74) is -2.08. The van der Waals surface area contributed by atoms with E-state index in [1.165, 1.54) is 24.1 Å². The number of hydrogen-bond acceptors (Lipinski definition) is 4. The van der Waals surface area contributed by atoms with Crippen LogP contribution in [0.25, 0.3) is 0 Å². The molecule has 1 aliphatic heterocycles. The maximum atomic E-state index is 14.2. The van der Waals surface area contributed by atoms with Crippen LogP contribution in [0.2, 0.25) is 10.0 Å². The second-order valence-corrected chi connectivity index (χ2v) is 7.75. The highest BCUT2D eigenvalue weighted by atomic mass is 35.5. The Morgan fingerprint density at radius 1 is 1.23 bits per heavy atom. The van der Waals surface area contributed by atoms with E-state index in [0.717, 1.165) is 12.1 Å². The lowest BCUT2D eigenvalue weighted by molar-refractivity contribution is -0.275. The van der Waals surface area contributed by atoms with Crippen molar-refractivity contribution in [2.45, 2.75) is 32.0 Å². The van der Waals surface area contributed by atoms with Crippen LogP contribution in [0, 0.1) is 0 Å². The number of likely N-dealkylation sites (N-methyl/N-ethyl adjacent to an activating group) is 1. The summed E-state index contributed by atoms with van der Waals surface area (Å²) >= 11 is 11.9. The number of carbonyl (C=O) groups excluding carboxylic acids is 1. The Kier molecular flexibility index (Phi) is 7.49. The second-order valence-electron chi connectivity index (χ2n) is 6.87. The standard InChI is InChI=1S/C21H22Cl2F3N3O2/c1-6-14(8-18(7-2)29(5)28(4)13(3)30)19-12-20(31-27-19,21(24,25)26)15-9-16(22)11-17(23)10-15/h6-11H,1,12H2,2-5H3/b14-8+,18-7+. The Morgan fingerprint density at radius 3 is 2.26 bits per heavy atom. The molecule has 0 saturated carbocycles. The van der Waals surface area contributed by atoms with Gasteiger partial charge in [-0.15, -0.1) is 0 Å². The van der Waals surface area contributed by atoms with Crippen molar-refractivity contribution in [3.63, 3.8) is 0 Å². The quantitative estimate of drug-likeness (QED) is 0.381. The topological polar surface area (TPSA) is 45.1 Å². The van der Waals surface area contributed by atoms with Crippen molar-refractivity contribution < 1.29 is 22.8 Å². The van der Waals surface area contributed by atoms with Crippen LogP contribution in [0.15, 0.2) is 59.4 Å². The lowest BCUT2D eigenvalue weighted by Crippen LogP contribution is -2.42. The van der Waals surface area contributed by atoms with E-state index in [2.05, 4.69) is 11.7 Å². The number of rotatable bonds is 6. The van der Waals surface area contributed by atoms with Crippen molar-refractivity contribution in [1.82, 2.24) is 10.0 Å². The summed E-state index contributed by atoms with van der Waals surface area (Å²) in [6, 6.07) is 3.65. The number of oxime groups is 1. The Hall–Kier alpha value is -2.45. The second kappa shape index (κ2) is 9.36. The van der Waals surface area contributed by atoms with Gasteiger partial charge in [0.15, 0.2) is 0 Å². The fourth-order valence-electron chi connectivity index (χ4n) is 3.01. The fraction of sp³-hybridized carbons (Fsp3) is 0.333. The average Bonchev–Trinajstić information content (AvgIpc) is 3.13. The molecule has 2 rings (SSSR count). The molecule has 0 radical (unpaired) electrons. The minimum absolute atomic E-state index is 0.0432. The summed E-state index contributed by atoms with van der Waals surface area (Å²) in [7, 11) is 3.22. The van der Waals surface area contributed by atoms with Crippen molar-refractivity contribution >= 4 is 34.8 Å². The minimum atomic E-state index is -4.80. The van der Waals surface area contributed by atoms with Crippen molar-refractivity contribution in [2.24, 2.45) is 5.16 Å². The molecule has 0 saturated heterocycles. The summed E-state index contributed by atoms with van der Waals surface area (Å²) in [4.78, 5) is 16.7. The number of benzene rings is 1. The SMILES string of the molecule is C=C/C(=C\C(=C/C)N(C)N(C)C(C)=O)C1=NOC(c2cc(Cl)cc(Cl)c2)(C(F)(F)F)C1. The maximum Gasteiger partial charge on any atom is 0.435 e. The van der Waals surface area contributed by atoms with E-state index in [1.54, 1.807) is 38.2 Å². The van der Waals surface area contributed by atoms with Gasteiger partial charge in [-0.3, -0.25) is 14.8 Å². The van der Waals surface area contributed by atoms with Crippen LogP contribution < -0.4 is 0 Å². The van der Waals surface area contributed by atoms with Gasteiger partial charge in [0.1, 0.15) is 0 Å². The van der Waals surface area contributed by atoms with Gasteiger partial charge in [-0.2, -0.15) is 13.2 Å². The molecule has 10 heteroatoms. The Bertz CT molecular complexity index is 953. The molecule has 0 fully saturated rings. The molecule has 1 aromatic rings. The molecule has 1 amide bonds. The summed E-state index contributed by atoms with van der Waals surface area (Å²) in [5.74, 6) is -0.217. The maximum absolute atomic E-state index is 14.2. The number of hydrogen-bond donors (Lipinski definition) is 0. The third-order valence-corrected chi connectivity index (χ3v) is 5.38. The molecule has 0 N–H and O–H groups in total. The molecule has 0 bridgehead atoms. The normalized spacial score (nSPS) is 19.6. The number of nitrogens with zero attached hydrogens (tertiary/aromatic N) is 3. The predicted octanol–water partition coefficient (Wildman–Crippen LogP) is 5.87. The fourth-order valence-corrected chi connectivity index (χ4v) is 3.54. The summed E-state index contributed by atoms with van der Waals surface area (Å²) < 4.78 is 42.5. The van der Waals surface area contributed by atoms with Gasteiger partial charge in [0.2, 0.25) is 5.91 Å². The van der Waals surface area contributed by atoms with E-state index in [9.17, 15) is 18.0 Å². The van der Waals surface area contributed by atoms with E-state index in [4.69, 9.17) is 28.0 Å². The van der Waals surface area contributed by atoms with Gasteiger partial charge < -0.3 is 4.84 Å². The molecule has 1 atom stereocenters.